The number of hydrogen-bond acceptors (Lipinski definition) is 3. The van der Waals surface area contributed by atoms with Gasteiger partial charge in [0.2, 0.25) is 5.91 Å². The molecule has 1 aromatic heterocycles. The number of nitrogens with zero attached hydrogens (tertiary/aromatic N) is 2. The van der Waals surface area contributed by atoms with E-state index in [9.17, 15) is 14.0 Å². The zero-order chi connectivity index (χ0) is 14.7. The van der Waals surface area contributed by atoms with Gasteiger partial charge in [-0.05, 0) is 38.1 Å². The molecule has 0 fully saturated rings. The molecule has 1 heterocycles. The quantitative estimate of drug-likeness (QED) is 0.930. The molecule has 0 saturated carbocycles. The first kappa shape index (κ1) is 13.9. The molecule has 1 amide bonds. The first-order valence-corrected chi connectivity index (χ1v) is 6.10. The number of amides is 1. The normalized spacial score (nSPS) is 11.9. The lowest BCUT2D eigenvalue weighted by Gasteiger charge is -2.14. The number of aryl methyl sites for hydroxylation is 1. The van der Waals surface area contributed by atoms with Crippen LogP contribution in [0.5, 0.6) is 0 Å². The number of rotatable bonds is 3. The highest BCUT2D eigenvalue weighted by atomic mass is 19.1. The van der Waals surface area contributed by atoms with Gasteiger partial charge in [-0.2, -0.15) is 5.10 Å². The van der Waals surface area contributed by atoms with Crippen molar-refractivity contribution in [3.8, 4) is 0 Å². The number of aromatic nitrogens is 2. The molecule has 0 saturated heterocycles. The van der Waals surface area contributed by atoms with Crippen molar-refractivity contribution in [3.63, 3.8) is 0 Å². The first-order valence-electron chi connectivity index (χ1n) is 6.10. The second kappa shape index (κ2) is 5.64. The van der Waals surface area contributed by atoms with Crippen molar-refractivity contribution in [2.45, 2.75) is 19.9 Å². The predicted octanol–water partition coefficient (Wildman–Crippen LogP) is 1.89. The molecule has 1 aromatic carbocycles. The monoisotopic (exact) mass is 275 g/mol. The third-order valence-electron chi connectivity index (χ3n) is 2.80. The van der Waals surface area contributed by atoms with Crippen molar-refractivity contribution < 1.29 is 9.18 Å². The molecule has 1 N–H and O–H groups in total. The molecule has 0 spiro atoms. The van der Waals surface area contributed by atoms with E-state index in [1.807, 2.05) is 0 Å². The minimum Gasteiger partial charge on any atom is -0.324 e. The fraction of sp³-hybridized carbons (Fsp3) is 0.214. The summed E-state index contributed by atoms with van der Waals surface area (Å²) in [5, 5.41) is 6.57. The van der Waals surface area contributed by atoms with Gasteiger partial charge in [0.15, 0.2) is 0 Å². The van der Waals surface area contributed by atoms with Crippen LogP contribution in [0.3, 0.4) is 0 Å². The van der Waals surface area contributed by atoms with Gasteiger partial charge in [-0.1, -0.05) is 6.07 Å². The van der Waals surface area contributed by atoms with Crippen LogP contribution in [-0.4, -0.2) is 15.7 Å². The molecule has 2 aromatic rings. The molecule has 0 bridgehead atoms. The molecule has 0 radical (unpaired) electrons. The summed E-state index contributed by atoms with van der Waals surface area (Å²) >= 11 is 0. The second-order valence-corrected chi connectivity index (χ2v) is 4.43. The van der Waals surface area contributed by atoms with Crippen LogP contribution < -0.4 is 10.9 Å². The Labute approximate surface area is 115 Å². The summed E-state index contributed by atoms with van der Waals surface area (Å²) in [6.07, 6.45) is 0. The lowest BCUT2D eigenvalue weighted by Crippen LogP contribution is -2.33. The van der Waals surface area contributed by atoms with Crippen molar-refractivity contribution in [1.29, 1.82) is 0 Å². The Bertz CT molecular complexity index is 697. The highest BCUT2D eigenvalue weighted by Gasteiger charge is 2.17. The van der Waals surface area contributed by atoms with Gasteiger partial charge in [0.1, 0.15) is 11.9 Å². The van der Waals surface area contributed by atoms with Gasteiger partial charge >= 0.3 is 0 Å². The summed E-state index contributed by atoms with van der Waals surface area (Å²) in [5.74, 6) is -0.878. The second-order valence-electron chi connectivity index (χ2n) is 4.43. The topological polar surface area (TPSA) is 64.0 Å². The zero-order valence-corrected chi connectivity index (χ0v) is 11.1. The molecular weight excluding hydrogens is 261 g/mol. The number of halogens is 1. The average Bonchev–Trinajstić information content (AvgIpc) is 2.40. The number of anilines is 1. The Balaban J connectivity index is 2.20. The fourth-order valence-corrected chi connectivity index (χ4v) is 1.72. The Morgan fingerprint density at radius 3 is 2.80 bits per heavy atom. The van der Waals surface area contributed by atoms with Gasteiger partial charge in [0.25, 0.3) is 5.56 Å². The summed E-state index contributed by atoms with van der Waals surface area (Å²) in [6.45, 7) is 3.29. The molecule has 0 aliphatic carbocycles. The summed E-state index contributed by atoms with van der Waals surface area (Å²) in [5.41, 5.74) is 0.607. The van der Waals surface area contributed by atoms with Crippen molar-refractivity contribution in [3.05, 3.63) is 58.3 Å². The van der Waals surface area contributed by atoms with E-state index in [1.165, 1.54) is 24.3 Å². The third kappa shape index (κ3) is 3.09. The standard InChI is InChI=1S/C14H14FN3O2/c1-9-6-7-13(19)18(17-9)10(2)14(20)16-12-5-3-4-11(15)8-12/h3-8,10H,1-2H3,(H,16,20). The van der Waals surface area contributed by atoms with E-state index in [1.54, 1.807) is 26.0 Å². The van der Waals surface area contributed by atoms with Gasteiger partial charge in [-0.15, -0.1) is 0 Å². The molecule has 104 valence electrons. The smallest absolute Gasteiger partial charge is 0.267 e. The molecular formula is C14H14FN3O2. The van der Waals surface area contributed by atoms with E-state index in [0.717, 1.165) is 4.68 Å². The summed E-state index contributed by atoms with van der Waals surface area (Å²) in [6, 6.07) is 7.70. The van der Waals surface area contributed by atoms with Gasteiger partial charge in [0, 0.05) is 11.8 Å². The van der Waals surface area contributed by atoms with Crippen molar-refractivity contribution in [2.75, 3.05) is 5.32 Å². The van der Waals surface area contributed by atoms with Crippen molar-refractivity contribution in [2.24, 2.45) is 0 Å². The molecule has 6 heteroatoms. The Morgan fingerprint density at radius 2 is 2.10 bits per heavy atom. The summed E-state index contributed by atoms with van der Waals surface area (Å²) in [4.78, 5) is 23.7. The van der Waals surface area contributed by atoms with Crippen LogP contribution in [0.4, 0.5) is 10.1 Å². The van der Waals surface area contributed by atoms with E-state index >= 15 is 0 Å². The minimum absolute atomic E-state index is 0.336. The first-order chi connectivity index (χ1) is 9.47. The largest absolute Gasteiger partial charge is 0.324 e. The Hall–Kier alpha value is -2.50. The van der Waals surface area contributed by atoms with E-state index in [4.69, 9.17) is 0 Å². The van der Waals surface area contributed by atoms with Crippen LogP contribution in [0.2, 0.25) is 0 Å². The Kier molecular flexibility index (Phi) is 3.93. The van der Waals surface area contributed by atoms with Crippen LogP contribution >= 0.6 is 0 Å². The fourth-order valence-electron chi connectivity index (χ4n) is 1.72. The molecule has 20 heavy (non-hydrogen) atoms. The van der Waals surface area contributed by atoms with E-state index in [0.29, 0.717) is 11.4 Å². The lowest BCUT2D eigenvalue weighted by molar-refractivity contribution is -0.119. The lowest BCUT2D eigenvalue weighted by atomic mass is 10.2. The predicted molar refractivity (Wildman–Crippen MR) is 73.0 cm³/mol. The SMILES string of the molecule is Cc1ccc(=O)n(C(C)C(=O)Nc2cccc(F)c2)n1. The maximum atomic E-state index is 13.0. The van der Waals surface area contributed by atoms with Crippen LogP contribution in [0.25, 0.3) is 0 Å². The molecule has 1 atom stereocenters. The highest BCUT2D eigenvalue weighted by molar-refractivity contribution is 5.93. The molecule has 0 aliphatic heterocycles. The molecule has 5 nitrogen and oxygen atoms in total. The third-order valence-corrected chi connectivity index (χ3v) is 2.80. The van der Waals surface area contributed by atoms with Gasteiger partial charge < -0.3 is 5.32 Å². The Morgan fingerprint density at radius 1 is 1.35 bits per heavy atom. The van der Waals surface area contributed by atoms with Crippen LogP contribution in [0, 0.1) is 12.7 Å². The summed E-state index contributed by atoms with van der Waals surface area (Å²) < 4.78 is 14.1. The number of carbonyl (C=O) groups excluding carboxylic acids is 1. The molecule has 2 rings (SSSR count). The van der Waals surface area contributed by atoms with Crippen LogP contribution in [0.15, 0.2) is 41.2 Å². The number of hydrogen-bond donors (Lipinski definition) is 1. The average molecular weight is 275 g/mol. The zero-order valence-electron chi connectivity index (χ0n) is 11.1. The maximum absolute atomic E-state index is 13.0. The van der Waals surface area contributed by atoms with Gasteiger partial charge in [-0.3, -0.25) is 9.59 Å². The molecule has 0 aliphatic rings. The summed E-state index contributed by atoms with van der Waals surface area (Å²) in [7, 11) is 0. The highest BCUT2D eigenvalue weighted by Crippen LogP contribution is 2.11. The molecule has 1 unspecified atom stereocenters. The van der Waals surface area contributed by atoms with E-state index in [2.05, 4.69) is 10.4 Å². The van der Waals surface area contributed by atoms with Gasteiger partial charge in [-0.25, -0.2) is 9.07 Å². The maximum Gasteiger partial charge on any atom is 0.267 e. The van der Waals surface area contributed by atoms with E-state index in [-0.39, 0.29) is 5.56 Å². The minimum atomic E-state index is -0.786. The van der Waals surface area contributed by atoms with Gasteiger partial charge in [0.05, 0.1) is 5.69 Å². The number of benzene rings is 1. The van der Waals surface area contributed by atoms with Crippen molar-refractivity contribution >= 4 is 11.6 Å². The number of carbonyl (C=O) groups is 1. The van der Waals surface area contributed by atoms with Crippen LogP contribution in [0.1, 0.15) is 18.7 Å². The van der Waals surface area contributed by atoms with Crippen molar-refractivity contribution in [1.82, 2.24) is 9.78 Å². The number of nitrogens with one attached hydrogen (secondary N) is 1. The van der Waals surface area contributed by atoms with Crippen LogP contribution in [-0.2, 0) is 4.79 Å². The van der Waals surface area contributed by atoms with E-state index < -0.39 is 17.8 Å².